The van der Waals surface area contributed by atoms with Crippen molar-refractivity contribution >= 4 is 28.9 Å². The summed E-state index contributed by atoms with van der Waals surface area (Å²) in [5.41, 5.74) is 0.452. The lowest BCUT2D eigenvalue weighted by molar-refractivity contribution is -0.384. The molecule has 0 amide bonds. The Kier molecular flexibility index (Phi) is 8.35. The van der Waals surface area contributed by atoms with Gasteiger partial charge in [-0.1, -0.05) is 44.7 Å². The normalized spacial score (nSPS) is 14.8. The number of hydrogen-bond donors (Lipinski definition) is 0. The van der Waals surface area contributed by atoms with Gasteiger partial charge < -0.3 is 14.4 Å². The highest BCUT2D eigenvalue weighted by Crippen LogP contribution is 2.40. The van der Waals surface area contributed by atoms with Crippen molar-refractivity contribution in [3.05, 3.63) is 27.3 Å². The second kappa shape index (κ2) is 10.5. The number of rotatable bonds is 9. The van der Waals surface area contributed by atoms with Crippen LogP contribution in [0.4, 0.5) is 11.4 Å². The zero-order chi connectivity index (χ0) is 20.7. The lowest BCUT2D eigenvalue weighted by Gasteiger charge is -2.37. The maximum atomic E-state index is 11.8. The molecule has 1 aromatic carbocycles. The minimum atomic E-state index is -0.547. The molecule has 7 nitrogen and oxygen atoms in total. The van der Waals surface area contributed by atoms with Gasteiger partial charge in [-0.15, -0.1) is 0 Å². The Balaban J connectivity index is 2.35. The summed E-state index contributed by atoms with van der Waals surface area (Å²) in [4.78, 5) is 25.0. The van der Waals surface area contributed by atoms with Crippen LogP contribution in [0.25, 0.3) is 0 Å². The topological polar surface area (TPSA) is 81.9 Å². The summed E-state index contributed by atoms with van der Waals surface area (Å²) >= 11 is 6.36. The number of nitro benzene ring substituents is 1. The fourth-order valence-corrected chi connectivity index (χ4v) is 3.80. The molecule has 2 rings (SSSR count). The molecule has 0 atom stereocenters. The van der Waals surface area contributed by atoms with Crippen LogP contribution in [0.5, 0.6) is 5.75 Å². The maximum absolute atomic E-state index is 11.8. The monoisotopic (exact) mass is 412 g/mol. The van der Waals surface area contributed by atoms with Crippen molar-refractivity contribution in [3.8, 4) is 5.75 Å². The number of carbonyl (C=O) groups excluding carboxylic acids is 1. The summed E-state index contributed by atoms with van der Waals surface area (Å²) < 4.78 is 10.2. The summed E-state index contributed by atoms with van der Waals surface area (Å²) in [6.45, 7) is 6.49. The van der Waals surface area contributed by atoms with Crippen molar-refractivity contribution in [1.82, 2.24) is 0 Å². The predicted molar refractivity (Wildman–Crippen MR) is 109 cm³/mol. The number of halogens is 1. The molecule has 0 heterocycles. The summed E-state index contributed by atoms with van der Waals surface area (Å²) in [7, 11) is 0. The Morgan fingerprint density at radius 3 is 2.57 bits per heavy atom. The minimum Gasteiger partial charge on any atom is -0.480 e. The number of carbonyl (C=O) groups is 1. The van der Waals surface area contributed by atoms with E-state index < -0.39 is 10.9 Å². The molecule has 8 heteroatoms. The zero-order valence-electron chi connectivity index (χ0n) is 16.8. The van der Waals surface area contributed by atoms with E-state index >= 15 is 0 Å². The SMILES string of the molecule is CCOC(=O)COc1cc([N+](=O)[O-])c(N(CC(C)C)C2CCCCC2)cc1Cl. The largest absolute Gasteiger partial charge is 0.480 e. The van der Waals surface area contributed by atoms with E-state index in [1.807, 2.05) is 0 Å². The predicted octanol–water partition coefficient (Wildman–Crippen LogP) is 4.99. The van der Waals surface area contributed by atoms with Crippen LogP contribution >= 0.6 is 11.6 Å². The minimum absolute atomic E-state index is 0.0607. The Labute approximate surface area is 171 Å². The van der Waals surface area contributed by atoms with Crippen LogP contribution in [-0.2, 0) is 9.53 Å². The van der Waals surface area contributed by atoms with Gasteiger partial charge >= 0.3 is 5.97 Å². The molecule has 0 saturated heterocycles. The van der Waals surface area contributed by atoms with Crippen LogP contribution in [-0.4, -0.2) is 36.7 Å². The average Bonchev–Trinajstić information content (AvgIpc) is 2.65. The molecule has 156 valence electrons. The van der Waals surface area contributed by atoms with Crippen LogP contribution in [0.3, 0.4) is 0 Å². The van der Waals surface area contributed by atoms with Gasteiger partial charge in [0.2, 0.25) is 0 Å². The van der Waals surface area contributed by atoms with Crippen molar-refractivity contribution in [2.24, 2.45) is 5.92 Å². The third kappa shape index (κ3) is 5.99. The Morgan fingerprint density at radius 1 is 1.32 bits per heavy atom. The summed E-state index contributed by atoms with van der Waals surface area (Å²) in [6.07, 6.45) is 5.49. The smallest absolute Gasteiger partial charge is 0.344 e. The number of benzene rings is 1. The average molecular weight is 413 g/mol. The molecule has 1 aliphatic carbocycles. The molecule has 0 aromatic heterocycles. The van der Waals surface area contributed by atoms with E-state index in [0.29, 0.717) is 18.2 Å². The summed E-state index contributed by atoms with van der Waals surface area (Å²) in [5.74, 6) is -0.0905. The van der Waals surface area contributed by atoms with Crippen LogP contribution in [0, 0.1) is 16.0 Å². The van der Waals surface area contributed by atoms with Gasteiger partial charge in [-0.25, -0.2) is 4.79 Å². The lowest BCUT2D eigenvalue weighted by atomic mass is 9.93. The highest BCUT2D eigenvalue weighted by molar-refractivity contribution is 6.32. The molecule has 0 aliphatic heterocycles. The van der Waals surface area contributed by atoms with Gasteiger partial charge in [0.15, 0.2) is 6.61 Å². The summed E-state index contributed by atoms with van der Waals surface area (Å²) in [6, 6.07) is 3.17. The second-order valence-corrected chi connectivity index (χ2v) is 7.87. The van der Waals surface area contributed by atoms with Crippen molar-refractivity contribution in [2.45, 2.75) is 58.9 Å². The Hall–Kier alpha value is -2.02. The van der Waals surface area contributed by atoms with Crippen LogP contribution in [0.15, 0.2) is 12.1 Å². The highest BCUT2D eigenvalue weighted by atomic mass is 35.5. The van der Waals surface area contributed by atoms with E-state index in [1.165, 1.54) is 12.5 Å². The highest BCUT2D eigenvalue weighted by Gasteiger charge is 2.29. The van der Waals surface area contributed by atoms with Crippen molar-refractivity contribution in [2.75, 3.05) is 24.7 Å². The first kappa shape index (κ1) is 22.3. The molecule has 0 radical (unpaired) electrons. The molecule has 0 N–H and O–H groups in total. The van der Waals surface area contributed by atoms with Crippen LogP contribution in [0.2, 0.25) is 5.02 Å². The van der Waals surface area contributed by atoms with Crippen molar-refractivity contribution in [3.63, 3.8) is 0 Å². The number of hydrogen-bond acceptors (Lipinski definition) is 6. The van der Waals surface area contributed by atoms with Crippen molar-refractivity contribution < 1.29 is 19.2 Å². The molecule has 0 bridgehead atoms. The van der Waals surface area contributed by atoms with Crippen molar-refractivity contribution in [1.29, 1.82) is 0 Å². The third-order valence-corrected chi connectivity index (χ3v) is 5.06. The van der Waals surface area contributed by atoms with Gasteiger partial charge in [0, 0.05) is 12.6 Å². The number of nitrogens with zero attached hydrogens (tertiary/aromatic N) is 2. The molecule has 1 aromatic rings. The molecule has 1 aliphatic rings. The van der Waals surface area contributed by atoms with E-state index in [2.05, 4.69) is 18.7 Å². The molecule has 0 spiro atoms. The fourth-order valence-electron chi connectivity index (χ4n) is 3.59. The first-order valence-corrected chi connectivity index (χ1v) is 10.2. The fraction of sp³-hybridized carbons (Fsp3) is 0.650. The zero-order valence-corrected chi connectivity index (χ0v) is 17.5. The van der Waals surface area contributed by atoms with E-state index in [1.54, 1.807) is 13.0 Å². The molecular formula is C20H29ClN2O5. The van der Waals surface area contributed by atoms with Gasteiger partial charge in [0.25, 0.3) is 5.69 Å². The standard InChI is InChI=1S/C20H29ClN2O5/c1-4-27-20(24)13-28-19-11-18(23(25)26)17(10-16(19)21)22(12-14(2)3)15-8-6-5-7-9-15/h10-11,14-15H,4-9,12-13H2,1-3H3. The van der Waals surface area contributed by atoms with Gasteiger partial charge in [0.05, 0.1) is 22.6 Å². The number of anilines is 1. The van der Waals surface area contributed by atoms with Gasteiger partial charge in [0.1, 0.15) is 11.4 Å². The van der Waals surface area contributed by atoms with Crippen LogP contribution < -0.4 is 9.64 Å². The first-order chi connectivity index (χ1) is 13.3. The van der Waals surface area contributed by atoms with E-state index in [0.717, 1.165) is 25.7 Å². The number of nitro groups is 1. The molecule has 0 unspecified atom stereocenters. The number of esters is 1. The molecular weight excluding hydrogens is 384 g/mol. The van der Waals surface area contributed by atoms with Gasteiger partial charge in [-0.3, -0.25) is 10.1 Å². The Bertz CT molecular complexity index is 689. The Morgan fingerprint density at radius 2 is 2.00 bits per heavy atom. The van der Waals surface area contributed by atoms with E-state index in [9.17, 15) is 14.9 Å². The molecule has 28 heavy (non-hydrogen) atoms. The summed E-state index contributed by atoms with van der Waals surface area (Å²) in [5, 5.41) is 12.0. The van der Waals surface area contributed by atoms with Crippen LogP contribution in [0.1, 0.15) is 52.9 Å². The molecule has 1 fully saturated rings. The molecule has 1 saturated carbocycles. The first-order valence-electron chi connectivity index (χ1n) is 9.86. The van der Waals surface area contributed by atoms with E-state index in [4.69, 9.17) is 21.1 Å². The lowest BCUT2D eigenvalue weighted by Crippen LogP contribution is -2.39. The van der Waals surface area contributed by atoms with Gasteiger partial charge in [-0.2, -0.15) is 0 Å². The number of ether oxygens (including phenoxy) is 2. The second-order valence-electron chi connectivity index (χ2n) is 7.46. The van der Waals surface area contributed by atoms with E-state index in [-0.39, 0.29) is 35.7 Å². The maximum Gasteiger partial charge on any atom is 0.344 e. The third-order valence-electron chi connectivity index (χ3n) is 4.76. The quantitative estimate of drug-likeness (QED) is 0.323. The van der Waals surface area contributed by atoms with Gasteiger partial charge in [-0.05, 0) is 31.7 Å².